The van der Waals surface area contributed by atoms with Crippen molar-refractivity contribution in [1.82, 2.24) is 19.8 Å². The molecule has 28 heavy (non-hydrogen) atoms. The van der Waals surface area contributed by atoms with Crippen molar-refractivity contribution < 1.29 is 17.7 Å². The van der Waals surface area contributed by atoms with Gasteiger partial charge in [-0.25, -0.2) is 13.1 Å². The van der Waals surface area contributed by atoms with Gasteiger partial charge in [-0.2, -0.15) is 4.98 Å². The molecule has 8 nitrogen and oxygen atoms in total. The van der Waals surface area contributed by atoms with Gasteiger partial charge in [0.1, 0.15) is 5.75 Å². The molecule has 0 aliphatic rings. The SMILES string of the molecule is COc1ccc(S(=O)(=O)NCc2cccnc2)cc1-c1noc(C(C)(C)C)n1. The van der Waals surface area contributed by atoms with Crippen LogP contribution in [-0.4, -0.2) is 30.7 Å². The highest BCUT2D eigenvalue weighted by Gasteiger charge is 2.24. The lowest BCUT2D eigenvalue weighted by molar-refractivity contribution is 0.321. The molecule has 0 aliphatic heterocycles. The van der Waals surface area contributed by atoms with Crippen LogP contribution in [0.4, 0.5) is 0 Å². The van der Waals surface area contributed by atoms with Crippen LogP contribution in [0.5, 0.6) is 5.75 Å². The summed E-state index contributed by atoms with van der Waals surface area (Å²) in [5.41, 5.74) is 0.867. The van der Waals surface area contributed by atoms with Crippen molar-refractivity contribution in [3.8, 4) is 17.1 Å². The normalized spacial score (nSPS) is 12.1. The fourth-order valence-electron chi connectivity index (χ4n) is 2.43. The summed E-state index contributed by atoms with van der Waals surface area (Å²) in [5.74, 6) is 1.17. The molecule has 3 rings (SSSR count). The summed E-state index contributed by atoms with van der Waals surface area (Å²) in [5, 5.41) is 3.99. The van der Waals surface area contributed by atoms with Crippen molar-refractivity contribution in [3.63, 3.8) is 0 Å². The van der Waals surface area contributed by atoms with Crippen LogP contribution in [0.25, 0.3) is 11.4 Å². The average Bonchev–Trinajstić information content (AvgIpc) is 3.17. The van der Waals surface area contributed by atoms with Gasteiger partial charge < -0.3 is 9.26 Å². The third kappa shape index (κ3) is 4.37. The third-order valence-electron chi connectivity index (χ3n) is 3.98. The van der Waals surface area contributed by atoms with E-state index in [0.29, 0.717) is 17.2 Å². The van der Waals surface area contributed by atoms with Gasteiger partial charge in [0.2, 0.25) is 21.7 Å². The van der Waals surface area contributed by atoms with E-state index in [1.54, 1.807) is 30.6 Å². The number of sulfonamides is 1. The first-order chi connectivity index (χ1) is 13.2. The molecular formula is C19H22N4O4S. The van der Waals surface area contributed by atoms with Gasteiger partial charge in [0.15, 0.2) is 0 Å². The number of hydrogen-bond acceptors (Lipinski definition) is 7. The highest BCUT2D eigenvalue weighted by Crippen LogP contribution is 2.32. The number of methoxy groups -OCH3 is 1. The van der Waals surface area contributed by atoms with E-state index in [1.807, 2.05) is 20.8 Å². The Balaban J connectivity index is 1.93. The molecule has 1 aromatic carbocycles. The highest BCUT2D eigenvalue weighted by molar-refractivity contribution is 7.89. The van der Waals surface area contributed by atoms with Crippen LogP contribution in [0.15, 0.2) is 52.1 Å². The molecular weight excluding hydrogens is 380 g/mol. The van der Waals surface area contributed by atoms with Crippen molar-refractivity contribution in [1.29, 1.82) is 0 Å². The predicted octanol–water partition coefficient (Wildman–Crippen LogP) is 2.92. The average molecular weight is 402 g/mol. The number of rotatable bonds is 6. The molecule has 0 fully saturated rings. The van der Waals surface area contributed by atoms with Crippen molar-refractivity contribution >= 4 is 10.0 Å². The molecule has 2 aromatic heterocycles. The summed E-state index contributed by atoms with van der Waals surface area (Å²) in [6, 6.07) is 8.06. The number of nitrogens with one attached hydrogen (secondary N) is 1. The van der Waals surface area contributed by atoms with E-state index >= 15 is 0 Å². The molecule has 0 unspecified atom stereocenters. The minimum Gasteiger partial charge on any atom is -0.496 e. The molecule has 0 amide bonds. The van der Waals surface area contributed by atoms with Crippen LogP contribution in [0, 0.1) is 0 Å². The number of ether oxygens (including phenoxy) is 1. The molecule has 0 saturated heterocycles. The van der Waals surface area contributed by atoms with Gasteiger partial charge in [0, 0.05) is 24.4 Å². The summed E-state index contributed by atoms with van der Waals surface area (Å²) >= 11 is 0. The lowest BCUT2D eigenvalue weighted by atomic mass is 9.97. The van der Waals surface area contributed by atoms with Crippen LogP contribution in [0.2, 0.25) is 0 Å². The second-order valence-electron chi connectivity index (χ2n) is 7.22. The molecule has 0 saturated carbocycles. The van der Waals surface area contributed by atoms with Gasteiger partial charge in [-0.15, -0.1) is 0 Å². The van der Waals surface area contributed by atoms with E-state index in [2.05, 4.69) is 19.8 Å². The summed E-state index contributed by atoms with van der Waals surface area (Å²) in [7, 11) is -2.26. The Morgan fingerprint density at radius 2 is 2.00 bits per heavy atom. The lowest BCUT2D eigenvalue weighted by Crippen LogP contribution is -2.23. The van der Waals surface area contributed by atoms with E-state index in [9.17, 15) is 8.42 Å². The Morgan fingerprint density at radius 1 is 1.21 bits per heavy atom. The number of aromatic nitrogens is 3. The van der Waals surface area contributed by atoms with Gasteiger partial charge in [-0.3, -0.25) is 4.98 Å². The Bertz CT molecular complexity index is 1060. The van der Waals surface area contributed by atoms with E-state index in [4.69, 9.17) is 9.26 Å². The topological polar surface area (TPSA) is 107 Å². The Kier molecular flexibility index (Phi) is 5.48. The maximum atomic E-state index is 12.7. The molecule has 0 atom stereocenters. The highest BCUT2D eigenvalue weighted by atomic mass is 32.2. The largest absolute Gasteiger partial charge is 0.496 e. The third-order valence-corrected chi connectivity index (χ3v) is 5.38. The van der Waals surface area contributed by atoms with Gasteiger partial charge in [-0.05, 0) is 29.8 Å². The Hall–Kier alpha value is -2.78. The second kappa shape index (κ2) is 7.69. The molecule has 3 aromatic rings. The van der Waals surface area contributed by atoms with Crippen LogP contribution >= 0.6 is 0 Å². The van der Waals surface area contributed by atoms with Crippen molar-refractivity contribution in [2.24, 2.45) is 0 Å². The summed E-state index contributed by atoms with van der Waals surface area (Å²) < 4.78 is 38.7. The summed E-state index contributed by atoms with van der Waals surface area (Å²) in [4.78, 5) is 8.45. The molecule has 9 heteroatoms. The van der Waals surface area contributed by atoms with Crippen LogP contribution in [-0.2, 0) is 22.0 Å². The minimum atomic E-state index is -3.76. The van der Waals surface area contributed by atoms with E-state index in [1.165, 1.54) is 19.2 Å². The van der Waals surface area contributed by atoms with Crippen molar-refractivity contribution in [2.75, 3.05) is 7.11 Å². The zero-order valence-corrected chi connectivity index (χ0v) is 16.9. The van der Waals surface area contributed by atoms with Crippen molar-refractivity contribution in [2.45, 2.75) is 37.6 Å². The number of hydrogen-bond donors (Lipinski definition) is 1. The molecule has 0 spiro atoms. The monoisotopic (exact) mass is 402 g/mol. The van der Waals surface area contributed by atoms with E-state index in [-0.39, 0.29) is 22.7 Å². The maximum absolute atomic E-state index is 12.7. The van der Waals surface area contributed by atoms with Gasteiger partial charge >= 0.3 is 0 Å². The standard InChI is InChI=1S/C19H22N4O4S/c1-19(2,3)18-22-17(23-27-18)15-10-14(7-8-16(15)26-4)28(24,25)21-12-13-6-5-9-20-11-13/h5-11,21H,12H2,1-4H3. The molecule has 148 valence electrons. The Morgan fingerprint density at radius 3 is 2.61 bits per heavy atom. The molecule has 0 radical (unpaired) electrons. The fourth-order valence-corrected chi connectivity index (χ4v) is 3.47. The van der Waals surface area contributed by atoms with Crippen molar-refractivity contribution in [3.05, 3.63) is 54.2 Å². The van der Waals surface area contributed by atoms with E-state index in [0.717, 1.165) is 5.56 Å². The molecule has 0 aliphatic carbocycles. The lowest BCUT2D eigenvalue weighted by Gasteiger charge is -2.11. The minimum absolute atomic E-state index is 0.0781. The van der Waals surface area contributed by atoms with Gasteiger partial charge in [-0.1, -0.05) is 32.0 Å². The maximum Gasteiger partial charge on any atom is 0.240 e. The van der Waals surface area contributed by atoms with Crippen LogP contribution in [0.3, 0.4) is 0 Å². The second-order valence-corrected chi connectivity index (χ2v) is 8.99. The number of benzene rings is 1. The molecule has 2 heterocycles. The number of nitrogens with zero attached hydrogens (tertiary/aromatic N) is 3. The first kappa shape index (κ1) is 20.0. The van der Waals surface area contributed by atoms with E-state index < -0.39 is 10.0 Å². The predicted molar refractivity (Wildman–Crippen MR) is 103 cm³/mol. The smallest absolute Gasteiger partial charge is 0.240 e. The number of pyridine rings is 1. The molecule has 0 bridgehead atoms. The zero-order chi connectivity index (χ0) is 20.4. The van der Waals surface area contributed by atoms with Gasteiger partial charge in [0.25, 0.3) is 0 Å². The quantitative estimate of drug-likeness (QED) is 0.675. The first-order valence-corrected chi connectivity index (χ1v) is 10.1. The van der Waals surface area contributed by atoms with Gasteiger partial charge in [0.05, 0.1) is 17.6 Å². The first-order valence-electron chi connectivity index (χ1n) is 8.62. The summed E-state index contributed by atoms with van der Waals surface area (Å²) in [6.45, 7) is 5.98. The Labute approximate surface area is 164 Å². The van der Waals surface area contributed by atoms with Crippen LogP contribution in [0.1, 0.15) is 32.2 Å². The summed E-state index contributed by atoms with van der Waals surface area (Å²) in [6.07, 6.45) is 3.24. The molecule has 1 N–H and O–H groups in total. The zero-order valence-electron chi connectivity index (χ0n) is 16.1. The fraction of sp³-hybridized carbons (Fsp3) is 0.316. The van der Waals surface area contributed by atoms with Crippen LogP contribution < -0.4 is 9.46 Å².